The third-order valence-electron chi connectivity index (χ3n) is 4.45. The van der Waals surface area contributed by atoms with Gasteiger partial charge >= 0.3 is 0 Å². The first-order valence-electron chi connectivity index (χ1n) is 7.79. The molecular formula is C17H23ClN2O. The molecule has 1 aliphatic carbocycles. The summed E-state index contributed by atoms with van der Waals surface area (Å²) in [4.78, 5) is 4.77. The van der Waals surface area contributed by atoms with Gasteiger partial charge in [-0.2, -0.15) is 0 Å². The summed E-state index contributed by atoms with van der Waals surface area (Å²) in [6.07, 6.45) is 3.58. The lowest BCUT2D eigenvalue weighted by molar-refractivity contribution is 0.306. The number of ether oxygens (including phenoxy) is 1. The molecule has 0 N–H and O–H groups in total. The third-order valence-corrected chi connectivity index (χ3v) is 4.69. The van der Waals surface area contributed by atoms with E-state index in [9.17, 15) is 0 Å². The highest BCUT2D eigenvalue weighted by atomic mass is 35.5. The molecular weight excluding hydrogens is 284 g/mol. The smallest absolute Gasteiger partial charge is 0.147 e. The van der Waals surface area contributed by atoms with Crippen LogP contribution in [0.3, 0.4) is 0 Å². The highest BCUT2D eigenvalue weighted by Gasteiger charge is 2.41. The van der Waals surface area contributed by atoms with Crippen molar-refractivity contribution in [3.8, 4) is 5.75 Å². The first-order chi connectivity index (χ1) is 10.1. The standard InChI is InChI=1S/C17H23ClN2O/c1-4-10-21-14-7-5-6-13-16(14)19-15(11-18)20(13)17(2,3)12-8-9-12/h5-7,12H,4,8-11H2,1-3H3. The van der Waals surface area contributed by atoms with Crippen molar-refractivity contribution in [2.45, 2.75) is 51.5 Å². The Morgan fingerprint density at radius 2 is 2.14 bits per heavy atom. The summed E-state index contributed by atoms with van der Waals surface area (Å²) in [6.45, 7) is 7.41. The molecule has 0 atom stereocenters. The molecule has 0 bridgehead atoms. The molecule has 4 heteroatoms. The average molecular weight is 307 g/mol. The summed E-state index contributed by atoms with van der Waals surface area (Å²) < 4.78 is 8.18. The van der Waals surface area contributed by atoms with Crippen LogP contribution in [0.25, 0.3) is 11.0 Å². The zero-order chi connectivity index (χ0) is 15.0. The predicted octanol–water partition coefficient (Wildman–Crippen LogP) is 4.71. The SMILES string of the molecule is CCCOc1cccc2c1nc(CCl)n2C(C)(C)C1CC1. The molecule has 1 aromatic carbocycles. The first kappa shape index (κ1) is 14.7. The summed E-state index contributed by atoms with van der Waals surface area (Å²) in [6, 6.07) is 6.17. The number of fused-ring (bicyclic) bond motifs is 1. The maximum atomic E-state index is 6.17. The molecule has 3 rings (SSSR count). The fraction of sp³-hybridized carbons (Fsp3) is 0.588. The average Bonchev–Trinajstić information content (AvgIpc) is 3.25. The van der Waals surface area contributed by atoms with Crippen LogP contribution in [0.2, 0.25) is 0 Å². The number of rotatable bonds is 6. The molecule has 0 amide bonds. The van der Waals surface area contributed by atoms with E-state index in [4.69, 9.17) is 21.3 Å². The second kappa shape index (κ2) is 5.53. The monoisotopic (exact) mass is 306 g/mol. The van der Waals surface area contributed by atoms with Crippen molar-refractivity contribution >= 4 is 22.6 Å². The summed E-state index contributed by atoms with van der Waals surface area (Å²) in [5.41, 5.74) is 2.13. The molecule has 2 aromatic rings. The van der Waals surface area contributed by atoms with E-state index in [0.717, 1.165) is 34.9 Å². The van der Waals surface area contributed by atoms with E-state index in [1.165, 1.54) is 12.8 Å². The lowest BCUT2D eigenvalue weighted by Crippen LogP contribution is -2.30. The van der Waals surface area contributed by atoms with Gasteiger partial charge in [-0.25, -0.2) is 4.98 Å². The summed E-state index contributed by atoms with van der Waals surface area (Å²) in [5, 5.41) is 0. The topological polar surface area (TPSA) is 27.1 Å². The van der Waals surface area contributed by atoms with Gasteiger partial charge in [0.05, 0.1) is 18.0 Å². The Morgan fingerprint density at radius 1 is 1.38 bits per heavy atom. The number of alkyl halides is 1. The maximum Gasteiger partial charge on any atom is 0.147 e. The first-order valence-corrected chi connectivity index (χ1v) is 8.32. The molecule has 1 saturated carbocycles. The second-order valence-electron chi connectivity index (χ2n) is 6.40. The van der Waals surface area contributed by atoms with Crippen molar-refractivity contribution in [2.75, 3.05) is 6.61 Å². The molecule has 0 radical (unpaired) electrons. The number of halogens is 1. The zero-order valence-corrected chi connectivity index (χ0v) is 13.8. The minimum Gasteiger partial charge on any atom is -0.491 e. The largest absolute Gasteiger partial charge is 0.491 e. The van der Waals surface area contributed by atoms with Gasteiger partial charge in [0, 0.05) is 5.54 Å². The van der Waals surface area contributed by atoms with Gasteiger partial charge in [-0.3, -0.25) is 0 Å². The van der Waals surface area contributed by atoms with Gasteiger partial charge in [0.15, 0.2) is 0 Å². The number of benzene rings is 1. The van der Waals surface area contributed by atoms with Crippen LogP contribution >= 0.6 is 11.6 Å². The van der Waals surface area contributed by atoms with E-state index in [1.54, 1.807) is 0 Å². The predicted molar refractivity (Wildman–Crippen MR) is 87.1 cm³/mol. The van der Waals surface area contributed by atoms with Crippen LogP contribution in [-0.2, 0) is 11.4 Å². The summed E-state index contributed by atoms with van der Waals surface area (Å²) in [7, 11) is 0. The van der Waals surface area contributed by atoms with E-state index >= 15 is 0 Å². The number of para-hydroxylation sites is 1. The lowest BCUT2D eigenvalue weighted by atomic mass is 9.97. The Labute approximate surface area is 131 Å². The van der Waals surface area contributed by atoms with Crippen LogP contribution in [0.15, 0.2) is 18.2 Å². The molecule has 0 unspecified atom stereocenters. The normalized spacial score (nSPS) is 15.6. The molecule has 0 saturated heterocycles. The molecule has 0 aliphatic heterocycles. The third kappa shape index (κ3) is 2.52. The van der Waals surface area contributed by atoms with Gasteiger partial charge < -0.3 is 9.30 Å². The van der Waals surface area contributed by atoms with Crippen LogP contribution in [0, 0.1) is 5.92 Å². The van der Waals surface area contributed by atoms with E-state index in [-0.39, 0.29) is 5.54 Å². The van der Waals surface area contributed by atoms with Gasteiger partial charge in [0.1, 0.15) is 17.1 Å². The number of aromatic nitrogens is 2. The van der Waals surface area contributed by atoms with Crippen LogP contribution in [0.4, 0.5) is 0 Å². The number of imidazole rings is 1. The molecule has 21 heavy (non-hydrogen) atoms. The summed E-state index contributed by atoms with van der Waals surface area (Å²) in [5.74, 6) is 2.96. The highest BCUT2D eigenvalue weighted by molar-refractivity contribution is 6.16. The Bertz CT molecular complexity index is 644. The Morgan fingerprint density at radius 3 is 2.76 bits per heavy atom. The van der Waals surface area contributed by atoms with Crippen LogP contribution in [-0.4, -0.2) is 16.2 Å². The number of hydrogen-bond acceptors (Lipinski definition) is 2. The van der Waals surface area contributed by atoms with Crippen molar-refractivity contribution in [1.82, 2.24) is 9.55 Å². The van der Waals surface area contributed by atoms with Crippen molar-refractivity contribution in [2.24, 2.45) is 5.92 Å². The van der Waals surface area contributed by atoms with Gasteiger partial charge in [0.25, 0.3) is 0 Å². The van der Waals surface area contributed by atoms with Crippen molar-refractivity contribution in [3.05, 3.63) is 24.0 Å². The van der Waals surface area contributed by atoms with Crippen molar-refractivity contribution in [3.63, 3.8) is 0 Å². The van der Waals surface area contributed by atoms with Crippen LogP contribution in [0.5, 0.6) is 5.75 Å². The molecule has 3 nitrogen and oxygen atoms in total. The Balaban J connectivity index is 2.14. The maximum absolute atomic E-state index is 6.17. The molecule has 114 valence electrons. The van der Waals surface area contributed by atoms with Gasteiger partial charge in [0.2, 0.25) is 0 Å². The second-order valence-corrected chi connectivity index (χ2v) is 6.66. The molecule has 1 heterocycles. The summed E-state index contributed by atoms with van der Waals surface area (Å²) >= 11 is 6.17. The minimum atomic E-state index is 0.0579. The number of hydrogen-bond donors (Lipinski definition) is 0. The van der Waals surface area contributed by atoms with E-state index in [2.05, 4.69) is 31.4 Å². The molecule has 1 aliphatic rings. The number of nitrogens with zero attached hydrogens (tertiary/aromatic N) is 2. The molecule has 1 aromatic heterocycles. The van der Waals surface area contributed by atoms with E-state index < -0.39 is 0 Å². The van der Waals surface area contributed by atoms with E-state index in [0.29, 0.717) is 12.5 Å². The molecule has 1 fully saturated rings. The quantitative estimate of drug-likeness (QED) is 0.723. The lowest BCUT2D eigenvalue weighted by Gasteiger charge is -2.29. The minimum absolute atomic E-state index is 0.0579. The Hall–Kier alpha value is -1.22. The van der Waals surface area contributed by atoms with Crippen LogP contribution in [0.1, 0.15) is 45.9 Å². The van der Waals surface area contributed by atoms with Gasteiger partial charge in [-0.1, -0.05) is 13.0 Å². The Kier molecular flexibility index (Phi) is 3.87. The van der Waals surface area contributed by atoms with Crippen molar-refractivity contribution in [1.29, 1.82) is 0 Å². The zero-order valence-electron chi connectivity index (χ0n) is 13.0. The molecule has 0 spiro atoms. The van der Waals surface area contributed by atoms with Crippen LogP contribution < -0.4 is 4.74 Å². The fourth-order valence-corrected chi connectivity index (χ4v) is 3.33. The van der Waals surface area contributed by atoms with Crippen molar-refractivity contribution < 1.29 is 4.74 Å². The van der Waals surface area contributed by atoms with Gasteiger partial charge in [-0.15, -0.1) is 11.6 Å². The highest BCUT2D eigenvalue weighted by Crippen LogP contribution is 2.46. The fourth-order valence-electron chi connectivity index (χ4n) is 3.16. The van der Waals surface area contributed by atoms with E-state index in [1.807, 2.05) is 12.1 Å². The van der Waals surface area contributed by atoms with Gasteiger partial charge in [-0.05, 0) is 51.2 Å².